The van der Waals surface area contributed by atoms with Crippen LogP contribution in [0, 0.1) is 6.92 Å². The van der Waals surface area contributed by atoms with Gasteiger partial charge in [0.15, 0.2) is 5.16 Å². The summed E-state index contributed by atoms with van der Waals surface area (Å²) in [5.41, 5.74) is 9.49. The minimum Gasteiger partial charge on any atom is -0.497 e. The number of ether oxygens (including phenoxy) is 1. The predicted octanol–water partition coefficient (Wildman–Crippen LogP) is 2.83. The van der Waals surface area contributed by atoms with E-state index >= 15 is 0 Å². The molecule has 0 fully saturated rings. The average Bonchev–Trinajstić information content (AvgIpc) is 3.01. The number of nitrogens with two attached hydrogens (primary N) is 1. The standard InChI is InChI=1S/C14H17N5OS/c1-4-19-13(12(15)8(2)18-19)21-14-16-10-6-5-9(20-3)7-11(10)17-14/h5-7H,4,15H2,1-3H3,(H,16,17). The summed E-state index contributed by atoms with van der Waals surface area (Å²) >= 11 is 1.49. The molecule has 21 heavy (non-hydrogen) atoms. The maximum absolute atomic E-state index is 6.10. The highest BCUT2D eigenvalue weighted by Crippen LogP contribution is 2.33. The summed E-state index contributed by atoms with van der Waals surface area (Å²) in [5.74, 6) is 0.802. The Labute approximate surface area is 126 Å². The summed E-state index contributed by atoms with van der Waals surface area (Å²) in [6.45, 7) is 4.73. The van der Waals surface area contributed by atoms with Crippen LogP contribution in [-0.2, 0) is 6.54 Å². The number of hydrogen-bond donors (Lipinski definition) is 2. The number of nitrogen functional groups attached to an aromatic ring is 1. The third-order valence-electron chi connectivity index (χ3n) is 3.29. The fraction of sp³-hybridized carbons (Fsp3) is 0.286. The van der Waals surface area contributed by atoms with Gasteiger partial charge in [0, 0.05) is 12.6 Å². The summed E-state index contributed by atoms with van der Waals surface area (Å²) in [6.07, 6.45) is 0. The number of aromatic amines is 1. The lowest BCUT2D eigenvalue weighted by Crippen LogP contribution is -1.99. The van der Waals surface area contributed by atoms with Gasteiger partial charge in [0.1, 0.15) is 10.8 Å². The van der Waals surface area contributed by atoms with Crippen molar-refractivity contribution in [2.45, 2.75) is 30.6 Å². The van der Waals surface area contributed by atoms with Crippen molar-refractivity contribution >= 4 is 28.5 Å². The largest absolute Gasteiger partial charge is 0.497 e. The fourth-order valence-corrected chi connectivity index (χ4v) is 3.15. The molecule has 0 amide bonds. The van der Waals surface area contributed by atoms with E-state index in [2.05, 4.69) is 15.1 Å². The average molecular weight is 303 g/mol. The number of hydrogen-bond acceptors (Lipinski definition) is 5. The van der Waals surface area contributed by atoms with E-state index in [1.54, 1.807) is 7.11 Å². The first-order valence-electron chi connectivity index (χ1n) is 6.67. The second-order valence-electron chi connectivity index (χ2n) is 4.65. The number of nitrogens with zero attached hydrogens (tertiary/aromatic N) is 3. The van der Waals surface area contributed by atoms with Crippen LogP contribution in [0.25, 0.3) is 11.0 Å². The number of imidazole rings is 1. The minimum atomic E-state index is 0.708. The number of fused-ring (bicyclic) bond motifs is 1. The van der Waals surface area contributed by atoms with E-state index in [0.717, 1.165) is 39.2 Å². The van der Waals surface area contributed by atoms with Gasteiger partial charge in [-0.25, -0.2) is 4.98 Å². The normalized spacial score (nSPS) is 11.2. The summed E-state index contributed by atoms with van der Waals surface area (Å²) in [5, 5.41) is 6.12. The fourth-order valence-electron chi connectivity index (χ4n) is 2.13. The first-order valence-corrected chi connectivity index (χ1v) is 7.48. The van der Waals surface area contributed by atoms with Crippen molar-refractivity contribution in [3.63, 3.8) is 0 Å². The quantitative estimate of drug-likeness (QED) is 0.774. The number of aryl methyl sites for hydroxylation is 2. The molecule has 1 aromatic carbocycles. The van der Waals surface area contributed by atoms with Gasteiger partial charge in [-0.2, -0.15) is 5.10 Å². The first-order chi connectivity index (χ1) is 10.1. The van der Waals surface area contributed by atoms with Crippen LogP contribution in [0.4, 0.5) is 5.69 Å². The molecule has 0 aliphatic heterocycles. The molecule has 0 radical (unpaired) electrons. The Kier molecular flexibility index (Phi) is 3.50. The van der Waals surface area contributed by atoms with Gasteiger partial charge in [-0.1, -0.05) is 0 Å². The van der Waals surface area contributed by atoms with E-state index < -0.39 is 0 Å². The second-order valence-corrected chi connectivity index (χ2v) is 5.62. The van der Waals surface area contributed by atoms with Gasteiger partial charge in [0.25, 0.3) is 0 Å². The molecule has 0 saturated carbocycles. The van der Waals surface area contributed by atoms with Crippen molar-refractivity contribution in [3.8, 4) is 5.75 Å². The van der Waals surface area contributed by atoms with Crippen LogP contribution in [0.2, 0.25) is 0 Å². The lowest BCUT2D eigenvalue weighted by molar-refractivity contribution is 0.415. The Hall–Kier alpha value is -2.15. The molecule has 110 valence electrons. The zero-order valence-electron chi connectivity index (χ0n) is 12.2. The summed E-state index contributed by atoms with van der Waals surface area (Å²) < 4.78 is 7.11. The molecule has 0 spiro atoms. The van der Waals surface area contributed by atoms with Crippen LogP contribution >= 0.6 is 11.8 Å². The third-order valence-corrected chi connectivity index (χ3v) is 4.30. The number of aromatic nitrogens is 4. The van der Waals surface area contributed by atoms with E-state index in [1.165, 1.54) is 11.8 Å². The minimum absolute atomic E-state index is 0.708. The van der Waals surface area contributed by atoms with Crippen molar-refractivity contribution in [2.24, 2.45) is 0 Å². The van der Waals surface area contributed by atoms with E-state index in [1.807, 2.05) is 36.7 Å². The van der Waals surface area contributed by atoms with Gasteiger partial charge in [-0.05, 0) is 37.7 Å². The topological polar surface area (TPSA) is 81.8 Å². The molecule has 0 saturated heterocycles. The van der Waals surface area contributed by atoms with Crippen LogP contribution in [0.15, 0.2) is 28.4 Å². The van der Waals surface area contributed by atoms with Crippen LogP contribution in [0.5, 0.6) is 5.75 Å². The highest BCUT2D eigenvalue weighted by atomic mass is 32.2. The van der Waals surface area contributed by atoms with E-state index in [9.17, 15) is 0 Å². The Bertz CT molecular complexity index is 792. The molecule has 3 rings (SSSR count). The molecule has 7 heteroatoms. The number of methoxy groups -OCH3 is 1. The number of H-pyrrole nitrogens is 1. The Morgan fingerprint density at radius 1 is 1.43 bits per heavy atom. The SMILES string of the molecule is CCn1nc(C)c(N)c1Sc1nc2ccc(OC)cc2[nH]1. The lowest BCUT2D eigenvalue weighted by atomic mass is 10.3. The van der Waals surface area contributed by atoms with E-state index in [-0.39, 0.29) is 0 Å². The van der Waals surface area contributed by atoms with Gasteiger partial charge in [-0.3, -0.25) is 4.68 Å². The van der Waals surface area contributed by atoms with Crippen molar-refractivity contribution in [2.75, 3.05) is 12.8 Å². The number of rotatable bonds is 4. The molecule has 2 heterocycles. The molecule has 0 unspecified atom stereocenters. The van der Waals surface area contributed by atoms with Gasteiger partial charge in [0.05, 0.1) is 29.5 Å². The third kappa shape index (κ3) is 2.44. The van der Waals surface area contributed by atoms with Gasteiger partial charge in [0.2, 0.25) is 0 Å². The molecule has 0 atom stereocenters. The molecular weight excluding hydrogens is 286 g/mol. The summed E-state index contributed by atoms with van der Waals surface area (Å²) in [7, 11) is 1.65. The van der Waals surface area contributed by atoms with E-state index in [4.69, 9.17) is 10.5 Å². The number of nitrogens with one attached hydrogen (secondary N) is 1. The van der Waals surface area contributed by atoms with Crippen molar-refractivity contribution in [1.29, 1.82) is 0 Å². The Morgan fingerprint density at radius 3 is 2.95 bits per heavy atom. The maximum atomic E-state index is 6.10. The Morgan fingerprint density at radius 2 is 2.24 bits per heavy atom. The smallest absolute Gasteiger partial charge is 0.172 e. The highest BCUT2D eigenvalue weighted by molar-refractivity contribution is 7.99. The van der Waals surface area contributed by atoms with Crippen molar-refractivity contribution < 1.29 is 4.74 Å². The molecule has 0 aliphatic carbocycles. The Balaban J connectivity index is 1.98. The zero-order chi connectivity index (χ0) is 15.0. The molecule has 2 aromatic heterocycles. The highest BCUT2D eigenvalue weighted by Gasteiger charge is 2.15. The van der Waals surface area contributed by atoms with Crippen LogP contribution in [0.1, 0.15) is 12.6 Å². The molecule has 0 bridgehead atoms. The molecule has 0 aliphatic rings. The molecule has 6 nitrogen and oxygen atoms in total. The zero-order valence-corrected chi connectivity index (χ0v) is 13.0. The molecular formula is C14H17N5OS. The van der Waals surface area contributed by atoms with Crippen molar-refractivity contribution in [3.05, 3.63) is 23.9 Å². The maximum Gasteiger partial charge on any atom is 0.172 e. The monoisotopic (exact) mass is 303 g/mol. The van der Waals surface area contributed by atoms with Crippen LogP contribution < -0.4 is 10.5 Å². The second kappa shape index (κ2) is 5.33. The molecule has 3 N–H and O–H groups in total. The van der Waals surface area contributed by atoms with E-state index in [0.29, 0.717) is 5.69 Å². The lowest BCUT2D eigenvalue weighted by Gasteiger charge is -2.02. The van der Waals surface area contributed by atoms with Crippen LogP contribution in [-0.4, -0.2) is 26.9 Å². The first kappa shape index (κ1) is 13.8. The van der Waals surface area contributed by atoms with Crippen LogP contribution in [0.3, 0.4) is 0 Å². The van der Waals surface area contributed by atoms with Crippen molar-refractivity contribution in [1.82, 2.24) is 19.7 Å². The predicted molar refractivity (Wildman–Crippen MR) is 83.8 cm³/mol. The summed E-state index contributed by atoms with van der Waals surface area (Å²) in [6, 6.07) is 5.75. The van der Waals surface area contributed by atoms with Gasteiger partial charge >= 0.3 is 0 Å². The van der Waals surface area contributed by atoms with Gasteiger partial charge < -0.3 is 15.5 Å². The van der Waals surface area contributed by atoms with Gasteiger partial charge in [-0.15, -0.1) is 0 Å². The molecule has 3 aromatic rings. The number of benzene rings is 1. The number of anilines is 1. The summed E-state index contributed by atoms with van der Waals surface area (Å²) in [4.78, 5) is 7.85.